The highest BCUT2D eigenvalue weighted by Gasteiger charge is 2.14. The second-order valence-electron chi connectivity index (χ2n) is 7.76. The molecule has 1 fully saturated rings. The minimum absolute atomic E-state index is 0.108. The Kier molecular flexibility index (Phi) is 6.39. The van der Waals surface area contributed by atoms with Crippen molar-refractivity contribution >= 4 is 26.9 Å². The number of aryl methyl sites for hydroxylation is 2. The van der Waals surface area contributed by atoms with Crippen molar-refractivity contribution in [3.05, 3.63) is 70.3 Å². The van der Waals surface area contributed by atoms with Gasteiger partial charge >= 0.3 is 0 Å². The van der Waals surface area contributed by atoms with Gasteiger partial charge in [0.15, 0.2) is 0 Å². The Morgan fingerprint density at radius 3 is 2.68 bits per heavy atom. The molecule has 160 valence electrons. The number of benzene rings is 2. The van der Waals surface area contributed by atoms with Gasteiger partial charge in [-0.2, -0.15) is 8.42 Å². The summed E-state index contributed by atoms with van der Waals surface area (Å²) in [5, 5.41) is 0.548. The van der Waals surface area contributed by atoms with Gasteiger partial charge < -0.3 is 4.98 Å². The van der Waals surface area contributed by atoms with Crippen LogP contribution in [0.4, 0.5) is 0 Å². The van der Waals surface area contributed by atoms with Crippen molar-refractivity contribution in [2.45, 2.75) is 55.9 Å². The van der Waals surface area contributed by atoms with Gasteiger partial charge in [0.1, 0.15) is 11.8 Å². The van der Waals surface area contributed by atoms with Gasteiger partial charge in [-0.25, -0.2) is 9.98 Å². The normalized spacial score (nSPS) is 14.8. The molecule has 0 unspecified atom stereocenters. The predicted octanol–water partition coefficient (Wildman–Crippen LogP) is 3.90. The van der Waals surface area contributed by atoms with Crippen molar-refractivity contribution in [2.24, 2.45) is 9.39 Å². The van der Waals surface area contributed by atoms with E-state index in [9.17, 15) is 13.2 Å². The lowest BCUT2D eigenvalue weighted by molar-refractivity contribution is 0.444. The van der Waals surface area contributed by atoms with E-state index in [0.29, 0.717) is 29.6 Å². The molecule has 1 heterocycles. The third-order valence-electron chi connectivity index (χ3n) is 5.48. The quantitative estimate of drug-likeness (QED) is 0.592. The molecule has 4 rings (SSSR count). The van der Waals surface area contributed by atoms with Crippen LogP contribution in [0.2, 0.25) is 0 Å². The molecule has 0 radical (unpaired) electrons. The minimum atomic E-state index is -3.86. The highest BCUT2D eigenvalue weighted by Crippen LogP contribution is 2.20. The molecule has 0 saturated heterocycles. The van der Waals surface area contributed by atoms with Crippen LogP contribution in [0.1, 0.15) is 43.5 Å². The summed E-state index contributed by atoms with van der Waals surface area (Å²) >= 11 is 0. The molecule has 1 saturated carbocycles. The number of para-hydroxylation sites is 1. The first kappa shape index (κ1) is 21.2. The zero-order valence-corrected chi connectivity index (χ0v) is 17.9. The summed E-state index contributed by atoms with van der Waals surface area (Å²) in [6.07, 6.45) is 6.37. The summed E-state index contributed by atoms with van der Waals surface area (Å²) in [6.45, 7) is 0. The van der Waals surface area contributed by atoms with Crippen molar-refractivity contribution in [2.75, 3.05) is 0 Å². The summed E-state index contributed by atoms with van der Waals surface area (Å²) in [5.74, 6) is 0.564. The van der Waals surface area contributed by atoms with E-state index in [1.54, 1.807) is 30.3 Å². The average Bonchev–Trinajstić information content (AvgIpc) is 2.79. The SMILES string of the molecule is O=c1[nH]c(CCc2cccc(S(=O)(=O)N=C=NC3CCCCC3)c2)nc2ccccc12. The number of H-pyrrole nitrogens is 1. The Morgan fingerprint density at radius 2 is 1.84 bits per heavy atom. The molecular formula is C23H24N4O3S. The first-order chi connectivity index (χ1) is 15.0. The summed E-state index contributed by atoms with van der Waals surface area (Å²) in [6, 6.07) is 16.3. The fraction of sp³-hybridized carbons (Fsp3) is 0.348. The van der Waals surface area contributed by atoms with Gasteiger partial charge in [0.05, 0.1) is 21.8 Å². The van der Waals surface area contributed by atoms with Gasteiger partial charge in [-0.1, -0.05) is 47.9 Å². The maximum atomic E-state index is 12.5. The molecule has 1 aliphatic rings. The van der Waals surface area contributed by atoms with Crippen molar-refractivity contribution in [1.29, 1.82) is 0 Å². The number of nitrogens with one attached hydrogen (secondary N) is 1. The van der Waals surface area contributed by atoms with Crippen LogP contribution in [0.25, 0.3) is 10.9 Å². The van der Waals surface area contributed by atoms with Gasteiger partial charge in [-0.05, 0) is 49.1 Å². The second kappa shape index (κ2) is 9.37. The van der Waals surface area contributed by atoms with Crippen molar-refractivity contribution in [3.63, 3.8) is 0 Å². The van der Waals surface area contributed by atoms with Crippen LogP contribution in [0.15, 0.2) is 67.6 Å². The van der Waals surface area contributed by atoms with Crippen LogP contribution in [-0.2, 0) is 22.9 Å². The number of sulfonamides is 1. The maximum Gasteiger partial charge on any atom is 0.291 e. The van der Waals surface area contributed by atoms with Gasteiger partial charge in [0, 0.05) is 6.42 Å². The third kappa shape index (κ3) is 5.34. The number of rotatable bonds is 6. The van der Waals surface area contributed by atoms with E-state index in [4.69, 9.17) is 0 Å². The van der Waals surface area contributed by atoms with E-state index in [2.05, 4.69) is 25.4 Å². The number of nitrogens with zero attached hydrogens (tertiary/aromatic N) is 3. The molecular weight excluding hydrogens is 412 g/mol. The highest BCUT2D eigenvalue weighted by atomic mass is 32.2. The molecule has 7 nitrogen and oxygen atoms in total. The molecule has 1 aliphatic carbocycles. The van der Waals surface area contributed by atoms with E-state index in [1.807, 2.05) is 12.1 Å². The first-order valence-corrected chi connectivity index (χ1v) is 11.9. The van der Waals surface area contributed by atoms with Gasteiger partial charge in [0.25, 0.3) is 15.6 Å². The van der Waals surface area contributed by atoms with E-state index in [-0.39, 0.29) is 16.5 Å². The summed E-state index contributed by atoms with van der Waals surface area (Å²) in [4.78, 5) is 23.8. The van der Waals surface area contributed by atoms with Crippen molar-refractivity contribution < 1.29 is 8.42 Å². The standard InChI is InChI=1S/C23H24N4O3S/c28-23-20-11-4-5-12-21(20)26-22(27-23)14-13-17-7-6-10-19(15-17)31(29,30)25-16-24-18-8-2-1-3-9-18/h4-7,10-12,15,18H,1-3,8-9,13-14H2,(H,26,27,28). The van der Waals surface area contributed by atoms with Crippen LogP contribution < -0.4 is 5.56 Å². The molecule has 8 heteroatoms. The predicted molar refractivity (Wildman–Crippen MR) is 120 cm³/mol. The summed E-state index contributed by atoms with van der Waals surface area (Å²) in [7, 11) is -3.86. The maximum absolute atomic E-state index is 12.5. The van der Waals surface area contributed by atoms with Crippen LogP contribution in [0.3, 0.4) is 0 Å². The lowest BCUT2D eigenvalue weighted by atomic mass is 9.96. The van der Waals surface area contributed by atoms with Crippen molar-refractivity contribution in [3.8, 4) is 0 Å². The molecule has 1 N–H and O–H groups in total. The number of hydrogen-bond acceptors (Lipinski definition) is 5. The van der Waals surface area contributed by atoms with E-state index in [1.165, 1.54) is 12.5 Å². The highest BCUT2D eigenvalue weighted by molar-refractivity contribution is 7.90. The van der Waals surface area contributed by atoms with Crippen LogP contribution in [0, 0.1) is 0 Å². The fourth-order valence-corrected chi connectivity index (χ4v) is 4.61. The molecule has 31 heavy (non-hydrogen) atoms. The Bertz CT molecular complexity index is 1300. The second-order valence-corrected chi connectivity index (χ2v) is 9.37. The van der Waals surface area contributed by atoms with E-state index >= 15 is 0 Å². The monoisotopic (exact) mass is 436 g/mol. The van der Waals surface area contributed by atoms with Crippen LogP contribution >= 0.6 is 0 Å². The number of fused-ring (bicyclic) bond motifs is 1. The Morgan fingerprint density at radius 1 is 1.03 bits per heavy atom. The first-order valence-electron chi connectivity index (χ1n) is 10.5. The Labute approximate surface area is 181 Å². The smallest absolute Gasteiger partial charge is 0.291 e. The molecule has 0 amide bonds. The molecule has 1 aromatic heterocycles. The van der Waals surface area contributed by atoms with Crippen LogP contribution in [-0.4, -0.2) is 30.4 Å². The molecule has 0 atom stereocenters. The number of hydrogen-bond donors (Lipinski definition) is 1. The molecule has 0 spiro atoms. The van der Waals surface area contributed by atoms with Crippen LogP contribution in [0.5, 0.6) is 0 Å². The lowest BCUT2D eigenvalue weighted by Gasteiger charge is -2.15. The van der Waals surface area contributed by atoms with Gasteiger partial charge in [-0.15, -0.1) is 0 Å². The van der Waals surface area contributed by atoms with Crippen molar-refractivity contribution in [1.82, 2.24) is 9.97 Å². The summed E-state index contributed by atoms with van der Waals surface area (Å²) in [5.41, 5.74) is 1.28. The fourth-order valence-electron chi connectivity index (χ4n) is 3.80. The number of aliphatic imine (C=N–C) groups is 1. The third-order valence-corrected chi connectivity index (χ3v) is 6.66. The average molecular weight is 437 g/mol. The molecule has 3 aromatic rings. The lowest BCUT2D eigenvalue weighted by Crippen LogP contribution is -2.12. The Balaban J connectivity index is 1.48. The minimum Gasteiger partial charge on any atom is -0.310 e. The molecule has 0 aliphatic heterocycles. The zero-order chi connectivity index (χ0) is 21.7. The largest absolute Gasteiger partial charge is 0.310 e. The number of aromatic nitrogens is 2. The van der Waals surface area contributed by atoms with Gasteiger partial charge in [0.2, 0.25) is 0 Å². The van der Waals surface area contributed by atoms with E-state index in [0.717, 1.165) is 31.2 Å². The zero-order valence-electron chi connectivity index (χ0n) is 17.1. The summed E-state index contributed by atoms with van der Waals surface area (Å²) < 4.78 is 28.7. The topological polar surface area (TPSA) is 105 Å². The van der Waals surface area contributed by atoms with E-state index < -0.39 is 10.0 Å². The number of aromatic amines is 1. The molecule has 2 aromatic carbocycles. The van der Waals surface area contributed by atoms with Gasteiger partial charge in [-0.3, -0.25) is 4.79 Å². The molecule has 0 bridgehead atoms. The Hall–Kier alpha value is -3.09.